The molecule has 1 rings (SSSR count). The van der Waals surface area contributed by atoms with Crippen molar-refractivity contribution >= 4 is 13.6 Å². The summed E-state index contributed by atoms with van der Waals surface area (Å²) in [7, 11) is 5.97. The molecule has 0 N–H and O–H groups in total. The normalized spacial score (nSPS) is 8.57. The summed E-state index contributed by atoms with van der Waals surface area (Å²) in [5.74, 6) is -0.323. The number of carbonyl (C=O) groups excluding carboxylic acids is 1. The van der Waals surface area contributed by atoms with Crippen LogP contribution in [0.2, 0.25) is 6.82 Å². The van der Waals surface area contributed by atoms with Gasteiger partial charge in [0, 0.05) is 0 Å². The fourth-order valence-electron chi connectivity index (χ4n) is 0.901. The lowest BCUT2D eigenvalue weighted by Gasteiger charge is -2.02. The van der Waals surface area contributed by atoms with Gasteiger partial charge < -0.3 is 4.74 Å². The van der Waals surface area contributed by atoms with Crippen LogP contribution >= 0.6 is 0 Å². The van der Waals surface area contributed by atoms with Gasteiger partial charge in [0.1, 0.15) is 11.6 Å². The molecule has 74 valence electrons. The first-order valence-corrected chi connectivity index (χ1v) is 4.07. The molecule has 0 unspecified atom stereocenters. The summed E-state index contributed by atoms with van der Waals surface area (Å²) >= 11 is 0. The first-order valence-electron chi connectivity index (χ1n) is 4.07. The van der Waals surface area contributed by atoms with Gasteiger partial charge in [-0.25, -0.2) is 4.39 Å². The molecule has 0 saturated carbocycles. The zero-order chi connectivity index (χ0) is 11.1. The van der Waals surface area contributed by atoms with Crippen molar-refractivity contribution in [3.63, 3.8) is 0 Å². The van der Waals surface area contributed by atoms with Crippen molar-refractivity contribution in [2.24, 2.45) is 0 Å². The van der Waals surface area contributed by atoms with Crippen molar-refractivity contribution in [3.05, 3.63) is 29.6 Å². The molecule has 0 aromatic heterocycles. The molecule has 14 heavy (non-hydrogen) atoms. The van der Waals surface area contributed by atoms with Crippen LogP contribution in [0.1, 0.15) is 17.3 Å². The highest BCUT2D eigenvalue weighted by Crippen LogP contribution is 2.16. The predicted molar refractivity (Wildman–Crippen MR) is 54.6 cm³/mol. The van der Waals surface area contributed by atoms with Crippen LogP contribution in [0.3, 0.4) is 0 Å². The minimum Gasteiger partial charge on any atom is -0.497 e. The number of hydrogen-bond acceptors (Lipinski definition) is 2. The highest BCUT2D eigenvalue weighted by atomic mass is 19.1. The highest BCUT2D eigenvalue weighted by Gasteiger charge is 2.07. The van der Waals surface area contributed by atoms with Crippen LogP contribution in [0.5, 0.6) is 5.75 Å². The minimum absolute atomic E-state index is 0.0642. The fraction of sp³-hybridized carbons (Fsp3) is 0.300. The van der Waals surface area contributed by atoms with E-state index in [-0.39, 0.29) is 11.3 Å². The Labute approximate surface area is 84.5 Å². The lowest BCUT2D eigenvalue weighted by molar-refractivity contribution is 0.101. The van der Waals surface area contributed by atoms with E-state index in [1.807, 2.05) is 0 Å². The van der Waals surface area contributed by atoms with Crippen LogP contribution in [0.15, 0.2) is 18.2 Å². The summed E-state index contributed by atoms with van der Waals surface area (Å²) in [6.45, 7) is 2.82. The number of Topliss-reactive ketones (excluding diaryl/α,β-unsaturated/α-hetero) is 1. The molecule has 2 nitrogen and oxygen atoms in total. The molecular weight excluding hydrogens is 182 g/mol. The molecule has 0 saturated heterocycles. The first-order chi connectivity index (χ1) is 6.65. The van der Waals surface area contributed by atoms with Gasteiger partial charge in [-0.1, -0.05) is 6.82 Å². The Kier molecular flexibility index (Phi) is 5.61. The van der Waals surface area contributed by atoms with Crippen molar-refractivity contribution in [2.45, 2.75) is 13.7 Å². The third-order valence-corrected chi connectivity index (χ3v) is 1.55. The molecule has 1 aromatic rings. The van der Waals surface area contributed by atoms with E-state index in [9.17, 15) is 9.18 Å². The third kappa shape index (κ3) is 3.20. The van der Waals surface area contributed by atoms with Crippen molar-refractivity contribution in [1.29, 1.82) is 0 Å². The van der Waals surface area contributed by atoms with Crippen molar-refractivity contribution in [2.75, 3.05) is 7.11 Å². The van der Waals surface area contributed by atoms with E-state index in [2.05, 4.69) is 7.85 Å². The maximum atomic E-state index is 12.9. The number of ketones is 1. The molecule has 4 heteroatoms. The number of methoxy groups -OCH3 is 1. The van der Waals surface area contributed by atoms with Crippen LogP contribution < -0.4 is 4.74 Å². The average molecular weight is 194 g/mol. The standard InChI is InChI=1S/C9H9FO2.CH3B/c1-6(11)8-5-7(12-2)3-4-9(8)10;1-2/h3-5H,1-2H3;1H3. The summed E-state index contributed by atoms with van der Waals surface area (Å²) in [5, 5.41) is 0. The first kappa shape index (κ1) is 12.7. The number of hydrogen-bond donors (Lipinski definition) is 0. The van der Waals surface area contributed by atoms with Crippen LogP contribution in [0, 0.1) is 5.82 Å². The average Bonchev–Trinajstić information content (AvgIpc) is 2.21. The molecule has 0 aliphatic heterocycles. The Balaban J connectivity index is 0.000000791. The summed E-state index contributed by atoms with van der Waals surface area (Å²) in [6, 6.07) is 4.08. The van der Waals surface area contributed by atoms with Crippen LogP contribution in [0.25, 0.3) is 0 Å². The van der Waals surface area contributed by atoms with E-state index < -0.39 is 5.82 Å². The zero-order valence-corrected chi connectivity index (χ0v) is 8.50. The molecule has 0 bridgehead atoms. The molecule has 0 aliphatic carbocycles. The monoisotopic (exact) mass is 194 g/mol. The minimum atomic E-state index is -0.511. The van der Waals surface area contributed by atoms with Crippen molar-refractivity contribution < 1.29 is 13.9 Å². The number of halogens is 1. The van der Waals surface area contributed by atoms with Gasteiger partial charge in [0.15, 0.2) is 5.78 Å². The van der Waals surface area contributed by atoms with E-state index in [0.717, 1.165) is 0 Å². The van der Waals surface area contributed by atoms with Gasteiger partial charge in [0.05, 0.1) is 20.5 Å². The second kappa shape index (κ2) is 6.19. The molecule has 0 atom stereocenters. The maximum absolute atomic E-state index is 12.9. The summed E-state index contributed by atoms with van der Waals surface area (Å²) in [5.41, 5.74) is 0.0642. The van der Waals surface area contributed by atoms with E-state index in [0.29, 0.717) is 5.75 Å². The number of benzene rings is 1. The predicted octanol–water partition coefficient (Wildman–Crippen LogP) is 2.24. The summed E-state index contributed by atoms with van der Waals surface area (Å²) in [6.07, 6.45) is 0. The van der Waals surface area contributed by atoms with E-state index in [4.69, 9.17) is 4.74 Å². The van der Waals surface area contributed by atoms with Crippen LogP contribution in [-0.2, 0) is 0 Å². The fourth-order valence-corrected chi connectivity index (χ4v) is 0.901. The Morgan fingerprint density at radius 3 is 2.43 bits per heavy atom. The second-order valence-corrected chi connectivity index (χ2v) is 2.40. The summed E-state index contributed by atoms with van der Waals surface area (Å²) < 4.78 is 17.7. The molecule has 1 aromatic carbocycles. The summed E-state index contributed by atoms with van der Waals surface area (Å²) in [4.78, 5) is 10.8. The molecule has 0 spiro atoms. The quantitative estimate of drug-likeness (QED) is 0.533. The lowest BCUT2D eigenvalue weighted by atomic mass is 10.1. The number of rotatable bonds is 2. The molecule has 0 fully saturated rings. The van der Waals surface area contributed by atoms with E-state index in [1.54, 1.807) is 0 Å². The largest absolute Gasteiger partial charge is 0.497 e. The topological polar surface area (TPSA) is 26.3 Å². The SMILES string of the molecule is COc1ccc(F)c(C(C)=O)c1.[B]C. The second-order valence-electron chi connectivity index (χ2n) is 2.40. The smallest absolute Gasteiger partial charge is 0.162 e. The lowest BCUT2D eigenvalue weighted by Crippen LogP contribution is -1.97. The third-order valence-electron chi connectivity index (χ3n) is 1.55. The van der Waals surface area contributed by atoms with Gasteiger partial charge >= 0.3 is 0 Å². The van der Waals surface area contributed by atoms with Crippen LogP contribution in [-0.4, -0.2) is 20.7 Å². The molecule has 0 aliphatic rings. The highest BCUT2D eigenvalue weighted by molar-refractivity contribution is 6.05. The molecule has 2 radical (unpaired) electrons. The van der Waals surface area contributed by atoms with Gasteiger partial charge in [0.2, 0.25) is 0 Å². The van der Waals surface area contributed by atoms with Gasteiger partial charge in [-0.05, 0) is 25.1 Å². The molecule has 0 heterocycles. The Morgan fingerprint density at radius 1 is 1.43 bits per heavy atom. The van der Waals surface area contributed by atoms with Crippen molar-refractivity contribution in [1.82, 2.24) is 0 Å². The Bertz CT molecular complexity index is 313. The van der Waals surface area contributed by atoms with Gasteiger partial charge in [0.25, 0.3) is 0 Å². The number of ether oxygens (including phenoxy) is 1. The maximum Gasteiger partial charge on any atom is 0.162 e. The van der Waals surface area contributed by atoms with Gasteiger partial charge in [-0.15, -0.1) is 0 Å². The number of carbonyl (C=O) groups is 1. The van der Waals surface area contributed by atoms with E-state index >= 15 is 0 Å². The van der Waals surface area contributed by atoms with Gasteiger partial charge in [-0.2, -0.15) is 0 Å². The molecule has 0 amide bonds. The van der Waals surface area contributed by atoms with Gasteiger partial charge in [-0.3, -0.25) is 4.79 Å². The zero-order valence-electron chi connectivity index (χ0n) is 8.50. The Hall–Kier alpha value is -1.32. The van der Waals surface area contributed by atoms with Crippen molar-refractivity contribution in [3.8, 4) is 5.75 Å². The Morgan fingerprint density at radius 2 is 2.00 bits per heavy atom. The van der Waals surface area contributed by atoms with Crippen LogP contribution in [0.4, 0.5) is 4.39 Å². The molecular formula is C10H12BFO2. The van der Waals surface area contributed by atoms with E-state index in [1.165, 1.54) is 39.1 Å².